The van der Waals surface area contributed by atoms with Crippen LogP contribution in [0.15, 0.2) is 5.10 Å². The Labute approximate surface area is 98.6 Å². The molecule has 0 amide bonds. The number of nitrogens with zero attached hydrogens (tertiary/aromatic N) is 2. The summed E-state index contributed by atoms with van der Waals surface area (Å²) in [6.07, 6.45) is 3.06. The zero-order valence-corrected chi connectivity index (χ0v) is 10.9. The summed E-state index contributed by atoms with van der Waals surface area (Å²) in [5, 5.41) is 6.38. The monoisotopic (exact) mass is 228 g/mol. The molecule has 0 aromatic carbocycles. The molecule has 1 saturated heterocycles. The molecule has 0 radical (unpaired) electrons. The van der Waals surface area contributed by atoms with Gasteiger partial charge in [0, 0.05) is 19.8 Å². The van der Waals surface area contributed by atoms with Crippen molar-refractivity contribution in [2.24, 2.45) is 11.0 Å². The lowest BCUT2D eigenvalue weighted by molar-refractivity contribution is -0.0487. The third-order valence-electron chi connectivity index (χ3n) is 2.79. The third kappa shape index (κ3) is 4.49. The van der Waals surface area contributed by atoms with Crippen LogP contribution in [-0.4, -0.2) is 44.3 Å². The first kappa shape index (κ1) is 13.5. The van der Waals surface area contributed by atoms with Crippen LogP contribution in [-0.2, 0) is 9.47 Å². The molecule has 0 spiro atoms. The number of hydrogen-bond acceptors (Lipinski definition) is 4. The molecule has 1 unspecified atom stereocenters. The Morgan fingerprint density at radius 1 is 1.38 bits per heavy atom. The van der Waals surface area contributed by atoms with Crippen molar-refractivity contribution < 1.29 is 9.47 Å². The molecule has 4 nitrogen and oxygen atoms in total. The second-order valence-corrected chi connectivity index (χ2v) is 4.44. The van der Waals surface area contributed by atoms with Gasteiger partial charge in [0.2, 0.25) is 0 Å². The predicted molar refractivity (Wildman–Crippen MR) is 65.5 cm³/mol. The van der Waals surface area contributed by atoms with Gasteiger partial charge < -0.3 is 14.5 Å². The molecular weight excluding hydrogens is 204 g/mol. The average Bonchev–Trinajstić information content (AvgIpc) is 2.75. The topological polar surface area (TPSA) is 34.1 Å². The van der Waals surface area contributed by atoms with Gasteiger partial charge in [0.25, 0.3) is 0 Å². The van der Waals surface area contributed by atoms with Gasteiger partial charge in [0.15, 0.2) is 6.29 Å². The van der Waals surface area contributed by atoms with Crippen molar-refractivity contribution in [3.8, 4) is 0 Å². The standard InChI is InChI=1S/C12H24N2O2/c1-5-11(13-14(3)4)10(2)6-7-12-15-8-9-16-12/h10,12H,5-9H2,1-4H3/b13-11+. The zero-order chi connectivity index (χ0) is 12.0. The zero-order valence-electron chi connectivity index (χ0n) is 10.9. The van der Waals surface area contributed by atoms with Crippen LogP contribution in [0.1, 0.15) is 33.1 Å². The van der Waals surface area contributed by atoms with E-state index in [-0.39, 0.29) is 6.29 Å². The first-order valence-corrected chi connectivity index (χ1v) is 6.11. The molecule has 1 atom stereocenters. The van der Waals surface area contributed by atoms with Gasteiger partial charge in [-0.2, -0.15) is 5.10 Å². The molecule has 1 aliphatic heterocycles. The number of hydrogen-bond donors (Lipinski definition) is 0. The fourth-order valence-corrected chi connectivity index (χ4v) is 1.90. The van der Waals surface area contributed by atoms with Crippen molar-refractivity contribution in [3.63, 3.8) is 0 Å². The van der Waals surface area contributed by atoms with Crippen molar-refractivity contribution >= 4 is 5.71 Å². The summed E-state index contributed by atoms with van der Waals surface area (Å²) >= 11 is 0. The maximum Gasteiger partial charge on any atom is 0.157 e. The second kappa shape index (κ2) is 6.86. The lowest BCUT2D eigenvalue weighted by atomic mass is 9.98. The van der Waals surface area contributed by atoms with Crippen LogP contribution in [0.3, 0.4) is 0 Å². The van der Waals surface area contributed by atoms with Crippen LogP contribution in [0, 0.1) is 5.92 Å². The quantitative estimate of drug-likeness (QED) is 0.516. The number of hydrazone groups is 1. The second-order valence-electron chi connectivity index (χ2n) is 4.44. The Morgan fingerprint density at radius 3 is 2.50 bits per heavy atom. The molecule has 4 heteroatoms. The SMILES string of the molecule is CC/C(=N\N(C)C)C(C)CCC1OCCO1. The van der Waals surface area contributed by atoms with Gasteiger partial charge in [0.05, 0.1) is 13.2 Å². The highest BCUT2D eigenvalue weighted by molar-refractivity contribution is 5.85. The first-order valence-electron chi connectivity index (χ1n) is 6.11. The van der Waals surface area contributed by atoms with E-state index in [0.29, 0.717) is 5.92 Å². The van der Waals surface area contributed by atoms with Gasteiger partial charge in [-0.1, -0.05) is 13.8 Å². The van der Waals surface area contributed by atoms with Crippen molar-refractivity contribution in [2.75, 3.05) is 27.3 Å². The Hall–Kier alpha value is -0.610. The third-order valence-corrected chi connectivity index (χ3v) is 2.79. The first-order chi connectivity index (χ1) is 7.63. The summed E-state index contributed by atoms with van der Waals surface area (Å²) in [5.74, 6) is 0.500. The van der Waals surface area contributed by atoms with Gasteiger partial charge in [-0.3, -0.25) is 0 Å². The lowest BCUT2D eigenvalue weighted by Gasteiger charge is -2.17. The van der Waals surface area contributed by atoms with E-state index in [1.165, 1.54) is 5.71 Å². The highest BCUT2D eigenvalue weighted by Gasteiger charge is 2.18. The van der Waals surface area contributed by atoms with Gasteiger partial charge >= 0.3 is 0 Å². The van der Waals surface area contributed by atoms with E-state index in [2.05, 4.69) is 18.9 Å². The van der Waals surface area contributed by atoms with Crippen LogP contribution in [0.25, 0.3) is 0 Å². The molecule has 1 heterocycles. The molecule has 0 aromatic heterocycles. The maximum absolute atomic E-state index is 5.43. The van der Waals surface area contributed by atoms with E-state index in [9.17, 15) is 0 Å². The number of ether oxygens (including phenoxy) is 2. The van der Waals surface area contributed by atoms with E-state index in [1.54, 1.807) is 0 Å². The normalized spacial score (nSPS) is 20.1. The molecule has 1 fully saturated rings. The minimum Gasteiger partial charge on any atom is -0.350 e. The minimum absolute atomic E-state index is 0.0138. The molecule has 0 bridgehead atoms. The predicted octanol–water partition coefficient (Wildman–Crippen LogP) is 2.10. The lowest BCUT2D eigenvalue weighted by Crippen LogP contribution is -2.18. The van der Waals surface area contributed by atoms with Crippen LogP contribution in [0.2, 0.25) is 0 Å². The summed E-state index contributed by atoms with van der Waals surface area (Å²) < 4.78 is 10.9. The maximum atomic E-state index is 5.43. The molecule has 1 aliphatic rings. The summed E-state index contributed by atoms with van der Waals surface area (Å²) in [6, 6.07) is 0. The van der Waals surface area contributed by atoms with Crippen molar-refractivity contribution in [2.45, 2.75) is 39.4 Å². The molecule has 16 heavy (non-hydrogen) atoms. The van der Waals surface area contributed by atoms with Crippen molar-refractivity contribution in [1.82, 2.24) is 5.01 Å². The summed E-state index contributed by atoms with van der Waals surface area (Å²) in [4.78, 5) is 0. The van der Waals surface area contributed by atoms with E-state index in [4.69, 9.17) is 9.47 Å². The Balaban J connectivity index is 2.33. The molecule has 0 aliphatic carbocycles. The van der Waals surface area contributed by atoms with E-state index in [0.717, 1.165) is 32.5 Å². The Bertz CT molecular complexity index is 223. The average molecular weight is 228 g/mol. The van der Waals surface area contributed by atoms with Crippen LogP contribution in [0.4, 0.5) is 0 Å². The molecule has 0 N–H and O–H groups in total. The largest absolute Gasteiger partial charge is 0.350 e. The smallest absolute Gasteiger partial charge is 0.157 e. The minimum atomic E-state index is 0.0138. The summed E-state index contributed by atoms with van der Waals surface area (Å²) in [6.45, 7) is 5.86. The molecule has 0 aromatic rings. The van der Waals surface area contributed by atoms with Crippen LogP contribution < -0.4 is 0 Å². The van der Waals surface area contributed by atoms with Crippen LogP contribution in [0.5, 0.6) is 0 Å². The van der Waals surface area contributed by atoms with E-state index < -0.39 is 0 Å². The fraction of sp³-hybridized carbons (Fsp3) is 0.917. The molecule has 94 valence electrons. The summed E-state index contributed by atoms with van der Waals surface area (Å²) in [5.41, 5.74) is 1.25. The molecule has 0 saturated carbocycles. The van der Waals surface area contributed by atoms with E-state index in [1.807, 2.05) is 19.1 Å². The fourth-order valence-electron chi connectivity index (χ4n) is 1.90. The van der Waals surface area contributed by atoms with Crippen molar-refractivity contribution in [3.05, 3.63) is 0 Å². The highest BCUT2D eigenvalue weighted by Crippen LogP contribution is 2.17. The number of rotatable bonds is 6. The van der Waals surface area contributed by atoms with Gasteiger partial charge in [0.1, 0.15) is 0 Å². The van der Waals surface area contributed by atoms with Gasteiger partial charge in [-0.05, 0) is 25.2 Å². The van der Waals surface area contributed by atoms with E-state index >= 15 is 0 Å². The van der Waals surface area contributed by atoms with Gasteiger partial charge in [-0.15, -0.1) is 0 Å². The van der Waals surface area contributed by atoms with Gasteiger partial charge in [-0.25, -0.2) is 0 Å². The Morgan fingerprint density at radius 2 is 2.00 bits per heavy atom. The van der Waals surface area contributed by atoms with Crippen LogP contribution >= 0.6 is 0 Å². The highest BCUT2D eigenvalue weighted by atomic mass is 16.7. The molecular formula is C12H24N2O2. The van der Waals surface area contributed by atoms with Crippen molar-refractivity contribution in [1.29, 1.82) is 0 Å². The molecule has 1 rings (SSSR count). The summed E-state index contributed by atoms with van der Waals surface area (Å²) in [7, 11) is 3.93. The Kier molecular flexibility index (Phi) is 5.77.